The third-order valence-corrected chi connectivity index (χ3v) is 3.79. The molecule has 6 heteroatoms. The van der Waals surface area contributed by atoms with Gasteiger partial charge in [-0.25, -0.2) is 13.8 Å². The number of fused-ring (bicyclic) bond motifs is 1. The van der Waals surface area contributed by atoms with Gasteiger partial charge in [0.05, 0.1) is 17.4 Å². The number of benzene rings is 2. The molecule has 0 aliphatic rings. The molecule has 3 aromatic rings. The highest BCUT2D eigenvalue weighted by Crippen LogP contribution is 2.20. The molecule has 0 saturated heterocycles. The van der Waals surface area contributed by atoms with E-state index in [1.165, 1.54) is 10.9 Å². The smallest absolute Gasteiger partial charge is 0.247 e. The summed E-state index contributed by atoms with van der Waals surface area (Å²) in [5, 5.41) is 0. The molecule has 1 amide bonds. The molecule has 4 nitrogen and oxygen atoms in total. The van der Waals surface area contributed by atoms with E-state index in [1.807, 2.05) is 44.2 Å². The summed E-state index contributed by atoms with van der Waals surface area (Å²) in [5.74, 6) is -2.06. The summed E-state index contributed by atoms with van der Waals surface area (Å²) in [6, 6.07) is 11.4. The van der Waals surface area contributed by atoms with Crippen LogP contribution in [0.2, 0.25) is 0 Å². The normalized spacial score (nSPS) is 11.2. The molecule has 24 heavy (non-hydrogen) atoms. The number of halogens is 2. The lowest BCUT2D eigenvalue weighted by Crippen LogP contribution is -2.39. The first-order chi connectivity index (χ1) is 11.5. The number of carbonyl (C=O) groups is 1. The molecule has 0 N–H and O–H groups in total. The minimum Gasteiger partial charge on any atom is -0.321 e. The number of carbonyl (C=O) groups excluding carboxylic acids is 1. The third-order valence-electron chi connectivity index (χ3n) is 3.79. The number of rotatable bonds is 4. The third kappa shape index (κ3) is 2.99. The number of hydrogen-bond donors (Lipinski definition) is 0. The molecule has 1 aromatic heterocycles. The molecule has 0 radical (unpaired) electrons. The molecule has 0 aliphatic carbocycles. The van der Waals surface area contributed by atoms with Crippen LogP contribution >= 0.6 is 0 Å². The van der Waals surface area contributed by atoms with Crippen molar-refractivity contribution in [1.82, 2.24) is 9.55 Å². The highest BCUT2D eigenvalue weighted by atomic mass is 19.2. The maximum absolute atomic E-state index is 13.5. The molecular weight excluding hydrogens is 312 g/mol. The van der Waals surface area contributed by atoms with E-state index in [-0.39, 0.29) is 18.5 Å². The molecule has 3 rings (SSSR count). The van der Waals surface area contributed by atoms with Gasteiger partial charge >= 0.3 is 0 Å². The Morgan fingerprint density at radius 2 is 1.83 bits per heavy atom. The van der Waals surface area contributed by atoms with Crippen LogP contribution in [0.1, 0.15) is 13.8 Å². The van der Waals surface area contributed by atoms with Gasteiger partial charge in [0, 0.05) is 23.9 Å². The highest BCUT2D eigenvalue weighted by Gasteiger charge is 2.20. The summed E-state index contributed by atoms with van der Waals surface area (Å²) < 4.78 is 28.3. The Morgan fingerprint density at radius 3 is 2.50 bits per heavy atom. The van der Waals surface area contributed by atoms with Gasteiger partial charge < -0.3 is 9.47 Å². The van der Waals surface area contributed by atoms with Gasteiger partial charge in [-0.3, -0.25) is 4.79 Å². The van der Waals surface area contributed by atoms with E-state index >= 15 is 0 Å². The van der Waals surface area contributed by atoms with Crippen molar-refractivity contribution in [1.29, 1.82) is 0 Å². The Labute approximate surface area is 138 Å². The molecule has 0 bridgehead atoms. The zero-order valence-corrected chi connectivity index (χ0v) is 13.4. The Kier molecular flexibility index (Phi) is 4.29. The molecular formula is C18H17F2N3O. The van der Waals surface area contributed by atoms with E-state index in [4.69, 9.17) is 0 Å². The Balaban J connectivity index is 1.92. The van der Waals surface area contributed by atoms with E-state index in [0.717, 1.165) is 17.8 Å². The summed E-state index contributed by atoms with van der Waals surface area (Å²) in [5.41, 5.74) is 1.50. The van der Waals surface area contributed by atoms with Crippen molar-refractivity contribution < 1.29 is 13.6 Å². The number of nitrogens with zero attached hydrogens (tertiary/aromatic N) is 3. The van der Waals surface area contributed by atoms with Crippen LogP contribution in [-0.2, 0) is 11.3 Å². The average molecular weight is 329 g/mol. The molecule has 0 spiro atoms. The second-order valence-electron chi connectivity index (χ2n) is 5.82. The predicted octanol–water partition coefficient (Wildman–Crippen LogP) is 3.76. The number of para-hydroxylation sites is 1. The van der Waals surface area contributed by atoms with Crippen LogP contribution in [-0.4, -0.2) is 21.5 Å². The van der Waals surface area contributed by atoms with Crippen LogP contribution in [0.5, 0.6) is 0 Å². The summed E-state index contributed by atoms with van der Waals surface area (Å²) in [4.78, 5) is 18.5. The number of hydrogen-bond acceptors (Lipinski definition) is 2. The van der Waals surface area contributed by atoms with E-state index in [1.54, 1.807) is 4.90 Å². The molecule has 124 valence electrons. The summed E-state index contributed by atoms with van der Waals surface area (Å²) >= 11 is 0. The first-order valence-electron chi connectivity index (χ1n) is 7.64. The Morgan fingerprint density at radius 1 is 1.17 bits per heavy atom. The number of amides is 1. The minimum absolute atomic E-state index is 0.00531. The largest absolute Gasteiger partial charge is 0.321 e. The second kappa shape index (κ2) is 6.39. The Hall–Kier alpha value is -2.76. The molecule has 0 fully saturated rings. The summed E-state index contributed by atoms with van der Waals surface area (Å²) in [6.07, 6.45) is 1.42. The number of anilines is 1. The van der Waals surface area contributed by atoms with Gasteiger partial charge in [-0.2, -0.15) is 0 Å². The first-order valence-corrected chi connectivity index (χ1v) is 7.64. The van der Waals surface area contributed by atoms with Gasteiger partial charge in [0.25, 0.3) is 0 Å². The quantitative estimate of drug-likeness (QED) is 0.731. The Bertz CT molecular complexity index is 875. The van der Waals surface area contributed by atoms with E-state index < -0.39 is 11.6 Å². The molecule has 1 heterocycles. The van der Waals surface area contributed by atoms with Crippen molar-refractivity contribution in [2.75, 3.05) is 4.90 Å². The maximum atomic E-state index is 13.5. The lowest BCUT2D eigenvalue weighted by Gasteiger charge is -2.27. The topological polar surface area (TPSA) is 38.1 Å². The van der Waals surface area contributed by atoms with Gasteiger partial charge in [0.2, 0.25) is 5.91 Å². The van der Waals surface area contributed by atoms with E-state index in [9.17, 15) is 13.6 Å². The lowest BCUT2D eigenvalue weighted by molar-refractivity contribution is -0.119. The molecule has 0 unspecified atom stereocenters. The molecule has 0 saturated carbocycles. The van der Waals surface area contributed by atoms with Gasteiger partial charge in [0.15, 0.2) is 11.6 Å². The fourth-order valence-electron chi connectivity index (χ4n) is 2.72. The average Bonchev–Trinajstić information content (AvgIpc) is 2.90. The number of aromatic nitrogens is 2. The van der Waals surface area contributed by atoms with Crippen LogP contribution in [0.25, 0.3) is 11.0 Å². The minimum atomic E-state index is -0.958. The van der Waals surface area contributed by atoms with Crippen molar-refractivity contribution in [3.05, 3.63) is 60.4 Å². The SMILES string of the molecule is CC(C)N(C(=O)Cn1cnc2cc(F)c(F)cc21)c1ccccc1. The van der Waals surface area contributed by atoms with Crippen LogP contribution in [0.15, 0.2) is 48.8 Å². The van der Waals surface area contributed by atoms with Crippen LogP contribution in [0.4, 0.5) is 14.5 Å². The summed E-state index contributed by atoms with van der Waals surface area (Å²) in [6.45, 7) is 3.84. The van der Waals surface area contributed by atoms with Crippen LogP contribution in [0, 0.1) is 11.6 Å². The zero-order chi connectivity index (χ0) is 17.3. The van der Waals surface area contributed by atoms with Gasteiger partial charge in [-0.15, -0.1) is 0 Å². The number of imidazole rings is 1. The molecule has 0 atom stereocenters. The first kappa shape index (κ1) is 16.1. The van der Waals surface area contributed by atoms with Crippen molar-refractivity contribution >= 4 is 22.6 Å². The van der Waals surface area contributed by atoms with Gasteiger partial charge in [0.1, 0.15) is 6.54 Å². The predicted molar refractivity (Wildman–Crippen MR) is 88.7 cm³/mol. The van der Waals surface area contributed by atoms with Gasteiger partial charge in [-0.1, -0.05) is 18.2 Å². The van der Waals surface area contributed by atoms with Crippen LogP contribution < -0.4 is 4.90 Å². The van der Waals surface area contributed by atoms with Crippen molar-refractivity contribution in [3.63, 3.8) is 0 Å². The lowest BCUT2D eigenvalue weighted by atomic mass is 10.2. The molecule has 0 aliphatic heterocycles. The monoisotopic (exact) mass is 329 g/mol. The summed E-state index contributed by atoms with van der Waals surface area (Å²) in [7, 11) is 0. The van der Waals surface area contributed by atoms with E-state index in [2.05, 4.69) is 4.98 Å². The van der Waals surface area contributed by atoms with Crippen molar-refractivity contribution in [3.8, 4) is 0 Å². The fraction of sp³-hybridized carbons (Fsp3) is 0.222. The van der Waals surface area contributed by atoms with E-state index in [0.29, 0.717) is 11.0 Å². The molecule has 2 aromatic carbocycles. The van der Waals surface area contributed by atoms with Crippen LogP contribution in [0.3, 0.4) is 0 Å². The maximum Gasteiger partial charge on any atom is 0.247 e. The fourth-order valence-corrected chi connectivity index (χ4v) is 2.72. The second-order valence-corrected chi connectivity index (χ2v) is 5.82. The highest BCUT2D eigenvalue weighted by molar-refractivity contribution is 5.94. The van der Waals surface area contributed by atoms with Gasteiger partial charge in [-0.05, 0) is 26.0 Å². The van der Waals surface area contributed by atoms with Crippen molar-refractivity contribution in [2.24, 2.45) is 0 Å². The standard InChI is InChI=1S/C18H17F2N3O/c1-12(2)23(13-6-4-3-5-7-13)18(24)10-22-11-21-16-8-14(19)15(20)9-17(16)22/h3-9,11-12H,10H2,1-2H3. The van der Waals surface area contributed by atoms with Crippen molar-refractivity contribution in [2.45, 2.75) is 26.4 Å². The zero-order valence-electron chi connectivity index (χ0n) is 13.4.